The lowest BCUT2D eigenvalue weighted by Crippen LogP contribution is -2.37. The molecule has 7 heteroatoms. The highest BCUT2D eigenvalue weighted by atomic mass is 32.2. The second kappa shape index (κ2) is 6.30. The molecule has 5 nitrogen and oxygen atoms in total. The van der Waals surface area contributed by atoms with Crippen LogP contribution in [-0.2, 0) is 14.6 Å². The van der Waals surface area contributed by atoms with Crippen molar-refractivity contribution < 1.29 is 13.2 Å². The Balaban J connectivity index is 2.13. The minimum atomic E-state index is -2.96. The van der Waals surface area contributed by atoms with Crippen LogP contribution in [-0.4, -0.2) is 53.7 Å². The molecule has 2 rings (SSSR count). The first-order chi connectivity index (χ1) is 9.46. The van der Waals surface area contributed by atoms with E-state index in [0.717, 1.165) is 12.8 Å². The molecule has 2 aliphatic rings. The molecular weight excluding hydrogens is 296 g/mol. The fraction of sp³-hybridized carbons (Fsp3) is 0.692. The average Bonchev–Trinajstić information content (AvgIpc) is 2.81. The molecule has 2 aliphatic heterocycles. The van der Waals surface area contributed by atoms with Gasteiger partial charge in [0.2, 0.25) is 5.91 Å². The van der Waals surface area contributed by atoms with Crippen LogP contribution in [0, 0.1) is 0 Å². The summed E-state index contributed by atoms with van der Waals surface area (Å²) in [5.74, 6) is 0.213. The lowest BCUT2D eigenvalue weighted by molar-refractivity contribution is -0.117. The van der Waals surface area contributed by atoms with Crippen molar-refractivity contribution in [3.8, 4) is 0 Å². The summed E-state index contributed by atoms with van der Waals surface area (Å²) in [7, 11) is -2.96. The number of nitrogens with zero attached hydrogens (tertiary/aromatic N) is 2. The van der Waals surface area contributed by atoms with Crippen molar-refractivity contribution in [2.24, 2.45) is 4.99 Å². The number of fused-ring (bicyclic) bond motifs is 1. The van der Waals surface area contributed by atoms with Gasteiger partial charge in [0.05, 0.1) is 17.5 Å². The van der Waals surface area contributed by atoms with Gasteiger partial charge in [0.15, 0.2) is 15.0 Å². The molecule has 20 heavy (non-hydrogen) atoms. The van der Waals surface area contributed by atoms with Crippen molar-refractivity contribution in [3.63, 3.8) is 0 Å². The zero-order chi connectivity index (χ0) is 14.8. The first-order valence-corrected chi connectivity index (χ1v) is 9.53. The van der Waals surface area contributed by atoms with Gasteiger partial charge >= 0.3 is 0 Å². The van der Waals surface area contributed by atoms with E-state index in [0.29, 0.717) is 18.1 Å². The maximum atomic E-state index is 11.8. The standard InChI is InChI=1S/C13H20N2O3S2/c1-3-5-6-12(16)14-13-15(7-4-2)10-8-20(17,18)9-11(10)19-13/h4,10-11H,2-3,5-9H2,1H3/t10-,11+/m1/s1. The number of unbranched alkanes of at least 4 members (excludes halogenated alkanes) is 1. The number of carbonyl (C=O) groups excluding carboxylic acids is 1. The predicted octanol–water partition coefficient (Wildman–Crippen LogP) is 1.46. The summed E-state index contributed by atoms with van der Waals surface area (Å²) in [4.78, 5) is 17.9. The molecule has 0 aliphatic carbocycles. The van der Waals surface area contributed by atoms with Crippen LogP contribution in [0.25, 0.3) is 0 Å². The third-order valence-corrected chi connectivity index (χ3v) is 6.71. The van der Waals surface area contributed by atoms with Gasteiger partial charge in [0.1, 0.15) is 0 Å². The summed E-state index contributed by atoms with van der Waals surface area (Å²) in [6.07, 6.45) is 3.97. The number of sulfone groups is 1. The second-order valence-corrected chi connectivity index (χ2v) is 8.49. The van der Waals surface area contributed by atoms with Gasteiger partial charge in [-0.25, -0.2) is 8.42 Å². The first-order valence-electron chi connectivity index (χ1n) is 6.83. The van der Waals surface area contributed by atoms with E-state index in [2.05, 4.69) is 11.6 Å². The summed E-state index contributed by atoms with van der Waals surface area (Å²) < 4.78 is 23.4. The largest absolute Gasteiger partial charge is 0.342 e. The SMILES string of the molecule is C=CCN1C(=NC(=O)CCCC)S[C@H]2CS(=O)(=O)C[C@H]21. The van der Waals surface area contributed by atoms with Crippen LogP contribution in [0.1, 0.15) is 26.2 Å². The molecule has 2 saturated heterocycles. The van der Waals surface area contributed by atoms with Gasteiger partial charge in [-0.15, -0.1) is 6.58 Å². The number of amidine groups is 1. The van der Waals surface area contributed by atoms with Crippen LogP contribution in [0.2, 0.25) is 0 Å². The van der Waals surface area contributed by atoms with Gasteiger partial charge in [0.25, 0.3) is 0 Å². The number of amides is 1. The van der Waals surface area contributed by atoms with E-state index in [4.69, 9.17) is 0 Å². The molecule has 1 amide bonds. The van der Waals surface area contributed by atoms with Gasteiger partial charge < -0.3 is 4.90 Å². The van der Waals surface area contributed by atoms with Crippen LogP contribution in [0.3, 0.4) is 0 Å². The molecule has 0 saturated carbocycles. The van der Waals surface area contributed by atoms with Crippen molar-refractivity contribution in [1.29, 1.82) is 0 Å². The van der Waals surface area contributed by atoms with E-state index in [9.17, 15) is 13.2 Å². The smallest absolute Gasteiger partial charge is 0.248 e. The molecule has 0 unspecified atom stereocenters. The van der Waals surface area contributed by atoms with Crippen LogP contribution in [0.5, 0.6) is 0 Å². The maximum absolute atomic E-state index is 11.8. The monoisotopic (exact) mass is 316 g/mol. The average molecular weight is 316 g/mol. The fourth-order valence-corrected chi connectivity index (χ4v) is 6.46. The number of hydrogen-bond acceptors (Lipinski definition) is 4. The normalized spacial score (nSPS) is 29.6. The summed E-state index contributed by atoms with van der Waals surface area (Å²) in [6, 6.07) is -0.0688. The molecule has 2 atom stereocenters. The highest BCUT2D eigenvalue weighted by molar-refractivity contribution is 8.15. The van der Waals surface area contributed by atoms with Crippen molar-refractivity contribution >= 4 is 32.7 Å². The highest BCUT2D eigenvalue weighted by Crippen LogP contribution is 2.38. The molecular formula is C13H20N2O3S2. The second-order valence-electron chi connectivity index (χ2n) is 5.13. The van der Waals surface area contributed by atoms with E-state index in [-0.39, 0.29) is 28.7 Å². The third-order valence-electron chi connectivity index (χ3n) is 3.47. The zero-order valence-corrected chi connectivity index (χ0v) is 13.3. The Morgan fingerprint density at radius 3 is 2.95 bits per heavy atom. The molecule has 0 spiro atoms. The minimum absolute atomic E-state index is 0.00215. The Labute approximate surface area is 124 Å². The summed E-state index contributed by atoms with van der Waals surface area (Å²) >= 11 is 1.42. The number of rotatable bonds is 5. The molecule has 0 aromatic carbocycles. The first kappa shape index (κ1) is 15.6. The lowest BCUT2D eigenvalue weighted by Gasteiger charge is -2.22. The van der Waals surface area contributed by atoms with E-state index >= 15 is 0 Å². The topological polar surface area (TPSA) is 66.8 Å². The van der Waals surface area contributed by atoms with Crippen molar-refractivity contribution in [2.45, 2.75) is 37.5 Å². The summed E-state index contributed by atoms with van der Waals surface area (Å²) in [5.41, 5.74) is 0. The van der Waals surface area contributed by atoms with Gasteiger partial charge in [-0.2, -0.15) is 4.99 Å². The van der Waals surface area contributed by atoms with Crippen LogP contribution in [0.4, 0.5) is 0 Å². The molecule has 0 aromatic heterocycles. The number of carbonyl (C=O) groups is 1. The predicted molar refractivity (Wildman–Crippen MR) is 82.7 cm³/mol. The number of aliphatic imine (C=N–C) groups is 1. The highest BCUT2D eigenvalue weighted by Gasteiger charge is 2.48. The van der Waals surface area contributed by atoms with Crippen molar-refractivity contribution in [3.05, 3.63) is 12.7 Å². The van der Waals surface area contributed by atoms with Gasteiger partial charge in [-0.1, -0.05) is 31.2 Å². The maximum Gasteiger partial charge on any atom is 0.248 e. The van der Waals surface area contributed by atoms with Crippen LogP contribution < -0.4 is 0 Å². The molecule has 2 heterocycles. The molecule has 0 N–H and O–H groups in total. The number of thioether (sulfide) groups is 1. The van der Waals surface area contributed by atoms with Crippen LogP contribution in [0.15, 0.2) is 17.6 Å². The van der Waals surface area contributed by atoms with Crippen molar-refractivity contribution in [2.75, 3.05) is 18.1 Å². The van der Waals surface area contributed by atoms with Crippen LogP contribution >= 0.6 is 11.8 Å². The Bertz CT molecular complexity index is 528. The Morgan fingerprint density at radius 2 is 2.30 bits per heavy atom. The summed E-state index contributed by atoms with van der Waals surface area (Å²) in [5, 5.41) is 0.661. The Hall–Kier alpha value is -0.820. The quantitative estimate of drug-likeness (QED) is 0.718. The van der Waals surface area contributed by atoms with E-state index < -0.39 is 9.84 Å². The molecule has 112 valence electrons. The van der Waals surface area contributed by atoms with Gasteiger partial charge in [-0.05, 0) is 6.42 Å². The van der Waals surface area contributed by atoms with E-state index in [1.165, 1.54) is 11.8 Å². The Kier molecular flexibility index (Phi) is 4.90. The molecule has 2 fully saturated rings. The number of hydrogen-bond donors (Lipinski definition) is 0. The molecule has 0 aromatic rings. The van der Waals surface area contributed by atoms with Gasteiger partial charge in [-0.3, -0.25) is 4.79 Å². The van der Waals surface area contributed by atoms with E-state index in [1.807, 2.05) is 11.8 Å². The van der Waals surface area contributed by atoms with E-state index in [1.54, 1.807) is 6.08 Å². The Morgan fingerprint density at radius 1 is 1.55 bits per heavy atom. The fourth-order valence-electron chi connectivity index (χ4n) is 2.48. The molecule has 0 bridgehead atoms. The van der Waals surface area contributed by atoms with Gasteiger partial charge in [0, 0.05) is 18.2 Å². The minimum Gasteiger partial charge on any atom is -0.342 e. The zero-order valence-electron chi connectivity index (χ0n) is 11.6. The van der Waals surface area contributed by atoms with Crippen molar-refractivity contribution in [1.82, 2.24) is 4.90 Å². The lowest BCUT2D eigenvalue weighted by atomic mass is 10.2. The molecule has 0 radical (unpaired) electrons. The third kappa shape index (κ3) is 3.44. The summed E-state index contributed by atoms with van der Waals surface area (Å²) in [6.45, 7) is 6.26.